The number of aromatic nitrogens is 1. The van der Waals surface area contributed by atoms with Gasteiger partial charge in [-0.2, -0.15) is 0 Å². The number of thioether (sulfide) groups is 1. The van der Waals surface area contributed by atoms with E-state index in [0.717, 1.165) is 42.7 Å². The quantitative estimate of drug-likeness (QED) is 0.284. The zero-order valence-corrected chi connectivity index (χ0v) is 25.6. The summed E-state index contributed by atoms with van der Waals surface area (Å²) in [6, 6.07) is 18.5. The third-order valence-electron chi connectivity index (χ3n) is 10.0. The van der Waals surface area contributed by atoms with Crippen LogP contribution in [0, 0.1) is 11.8 Å². The molecule has 1 saturated carbocycles. The number of rotatable bonds is 8. The molecule has 3 aliphatic carbocycles. The van der Waals surface area contributed by atoms with Gasteiger partial charge in [0, 0.05) is 27.4 Å². The maximum absolute atomic E-state index is 12.7. The molecule has 1 N–H and O–H groups in total. The van der Waals surface area contributed by atoms with Gasteiger partial charge < -0.3 is 9.84 Å². The molecule has 0 amide bonds. The number of hydrogen-bond acceptors (Lipinski definition) is 4. The predicted molar refractivity (Wildman–Crippen MR) is 166 cm³/mol. The molecule has 0 radical (unpaired) electrons. The lowest BCUT2D eigenvalue weighted by atomic mass is 9.61. The highest BCUT2D eigenvalue weighted by molar-refractivity contribution is 8.01. The Morgan fingerprint density at radius 1 is 1.15 bits per heavy atom. The summed E-state index contributed by atoms with van der Waals surface area (Å²) < 4.78 is 5.68. The van der Waals surface area contributed by atoms with Crippen molar-refractivity contribution in [1.29, 1.82) is 0 Å². The van der Waals surface area contributed by atoms with Crippen molar-refractivity contribution in [3.8, 4) is 5.75 Å². The minimum absolute atomic E-state index is 0.0169. The number of nitrogens with zero attached hydrogens (tertiary/aromatic N) is 1. The number of aryl methyl sites for hydroxylation is 1. The Labute approximate surface area is 253 Å². The van der Waals surface area contributed by atoms with Crippen molar-refractivity contribution >= 4 is 29.3 Å². The van der Waals surface area contributed by atoms with Crippen LogP contribution in [0.15, 0.2) is 65.7 Å². The molecule has 0 bridgehead atoms. The Morgan fingerprint density at radius 3 is 2.73 bits per heavy atom. The van der Waals surface area contributed by atoms with Gasteiger partial charge in [-0.15, -0.1) is 11.8 Å². The normalized spacial score (nSPS) is 27.7. The van der Waals surface area contributed by atoms with Gasteiger partial charge in [0.25, 0.3) is 0 Å². The Hall–Kier alpha value is -2.50. The van der Waals surface area contributed by atoms with Gasteiger partial charge in [-0.1, -0.05) is 55.8 Å². The number of hydrogen-bond donors (Lipinski definition) is 1. The molecule has 0 aliphatic heterocycles. The molecule has 2 aromatic carbocycles. The molecule has 3 aliphatic rings. The van der Waals surface area contributed by atoms with Gasteiger partial charge in [0.15, 0.2) is 0 Å². The van der Waals surface area contributed by atoms with Crippen molar-refractivity contribution in [2.45, 2.75) is 92.6 Å². The predicted octanol–water partition coefficient (Wildman–Crippen LogP) is 8.88. The summed E-state index contributed by atoms with van der Waals surface area (Å²) in [5.41, 5.74) is 5.42. The number of benzene rings is 2. The zero-order chi connectivity index (χ0) is 28.6. The molecule has 1 aromatic heterocycles. The Bertz CT molecular complexity index is 1420. The number of halogens is 1. The summed E-state index contributed by atoms with van der Waals surface area (Å²) in [5.74, 6) is 1.66. The average Bonchev–Trinajstić information content (AvgIpc) is 3.25. The fourth-order valence-corrected chi connectivity index (χ4v) is 9.46. The molecular formula is C35H40ClNO3S. The molecule has 3 aromatic rings. The highest BCUT2D eigenvalue weighted by Gasteiger charge is 2.54. The molecule has 4 nitrogen and oxygen atoms in total. The second kappa shape index (κ2) is 11.6. The number of ether oxygens (including phenoxy) is 1. The highest BCUT2D eigenvalue weighted by Crippen LogP contribution is 2.58. The van der Waals surface area contributed by atoms with Crippen LogP contribution in [0.3, 0.4) is 0 Å². The van der Waals surface area contributed by atoms with Gasteiger partial charge >= 0.3 is 5.97 Å². The average molecular weight is 590 g/mol. The SMILES string of the molecule is C[C@@H](COc1ccnc2c1[C@H](C)CCC2)C[C@H]1Cc2ccccc2C12CCC(Sc1cccc(Cl)c1)(C(=O)O)CC2. The van der Waals surface area contributed by atoms with Gasteiger partial charge in [-0.3, -0.25) is 9.78 Å². The van der Waals surface area contributed by atoms with Gasteiger partial charge in [0.1, 0.15) is 10.5 Å². The first-order valence-electron chi connectivity index (χ1n) is 15.2. The first kappa shape index (κ1) is 28.6. The minimum atomic E-state index is -0.829. The summed E-state index contributed by atoms with van der Waals surface area (Å²) >= 11 is 7.72. The van der Waals surface area contributed by atoms with Crippen molar-refractivity contribution in [2.24, 2.45) is 11.8 Å². The van der Waals surface area contributed by atoms with E-state index in [1.54, 1.807) is 0 Å². The van der Waals surface area contributed by atoms with Crippen molar-refractivity contribution in [2.75, 3.05) is 6.61 Å². The summed E-state index contributed by atoms with van der Waals surface area (Å²) in [6.07, 6.45) is 10.5. The lowest BCUT2D eigenvalue weighted by Crippen LogP contribution is -2.46. The first-order chi connectivity index (χ1) is 19.8. The van der Waals surface area contributed by atoms with E-state index in [1.807, 2.05) is 36.5 Å². The fourth-order valence-electron chi connectivity index (χ4n) is 7.92. The molecule has 0 unspecified atom stereocenters. The van der Waals surface area contributed by atoms with Crippen molar-refractivity contribution in [3.63, 3.8) is 0 Å². The van der Waals surface area contributed by atoms with Gasteiger partial charge in [0.05, 0.1) is 6.61 Å². The number of carboxylic acid groups (broad SMARTS) is 1. The van der Waals surface area contributed by atoms with Crippen LogP contribution in [0.2, 0.25) is 5.02 Å². The zero-order valence-electron chi connectivity index (χ0n) is 24.1. The third kappa shape index (κ3) is 5.52. The minimum Gasteiger partial charge on any atom is -0.493 e. The summed E-state index contributed by atoms with van der Waals surface area (Å²) in [6.45, 7) is 5.29. The molecule has 216 valence electrons. The Morgan fingerprint density at radius 2 is 1.95 bits per heavy atom. The molecule has 0 saturated heterocycles. The van der Waals surface area contributed by atoms with Crippen LogP contribution < -0.4 is 4.74 Å². The number of carbonyl (C=O) groups is 1. The Balaban J connectivity index is 1.19. The van der Waals surface area contributed by atoms with Gasteiger partial charge in [0.2, 0.25) is 0 Å². The van der Waals surface area contributed by atoms with Crippen LogP contribution in [-0.2, 0) is 23.1 Å². The topological polar surface area (TPSA) is 59.4 Å². The summed E-state index contributed by atoms with van der Waals surface area (Å²) in [7, 11) is 0. The summed E-state index contributed by atoms with van der Waals surface area (Å²) in [4.78, 5) is 18.3. The lowest BCUT2D eigenvalue weighted by molar-refractivity contribution is -0.141. The van der Waals surface area contributed by atoms with E-state index in [2.05, 4.69) is 43.1 Å². The number of pyridine rings is 1. The fraction of sp³-hybridized carbons (Fsp3) is 0.486. The maximum atomic E-state index is 12.7. The van der Waals surface area contributed by atoms with E-state index in [-0.39, 0.29) is 5.41 Å². The van der Waals surface area contributed by atoms with Crippen molar-refractivity contribution in [3.05, 3.63) is 88.2 Å². The van der Waals surface area contributed by atoms with E-state index in [0.29, 0.717) is 42.2 Å². The monoisotopic (exact) mass is 589 g/mol. The molecule has 1 spiro atoms. The van der Waals surface area contributed by atoms with Crippen LogP contribution in [0.5, 0.6) is 5.75 Å². The number of fused-ring (bicyclic) bond motifs is 3. The summed E-state index contributed by atoms with van der Waals surface area (Å²) in [5, 5.41) is 11.1. The van der Waals surface area contributed by atoms with Crippen molar-refractivity contribution in [1.82, 2.24) is 4.98 Å². The molecule has 3 atom stereocenters. The maximum Gasteiger partial charge on any atom is 0.320 e. The number of aliphatic carboxylic acids is 1. The van der Waals surface area contributed by atoms with Gasteiger partial charge in [-0.05, 0) is 116 Å². The first-order valence-corrected chi connectivity index (χ1v) is 16.4. The largest absolute Gasteiger partial charge is 0.493 e. The molecule has 41 heavy (non-hydrogen) atoms. The molecule has 1 fully saturated rings. The molecule has 6 heteroatoms. The third-order valence-corrected chi connectivity index (χ3v) is 11.7. The van der Waals surface area contributed by atoms with Crippen LogP contribution in [-0.4, -0.2) is 27.4 Å². The van der Waals surface area contributed by atoms with Crippen LogP contribution in [0.25, 0.3) is 0 Å². The number of carboxylic acids is 1. The van der Waals surface area contributed by atoms with E-state index < -0.39 is 10.7 Å². The van der Waals surface area contributed by atoms with Crippen LogP contribution in [0.4, 0.5) is 0 Å². The van der Waals surface area contributed by atoms with Gasteiger partial charge in [-0.25, -0.2) is 0 Å². The smallest absolute Gasteiger partial charge is 0.320 e. The standard InChI is InChI=1S/C35H40ClNO3S/c1-23(22-40-31-13-18-37-30-12-5-7-24(2)32(30)31)19-26-20-25-8-3-4-11-29(25)34(26)14-16-35(17-15-34,33(38)39)41-28-10-6-9-27(36)21-28/h3-4,6,8-11,13,18,21,23-24,26H,5,7,12,14-17,19-20,22H2,1-2H3,(H,38,39)/t23-,24-,26+,34?,35?/m1/s1. The van der Waals surface area contributed by atoms with Crippen LogP contribution >= 0.6 is 23.4 Å². The molecule has 6 rings (SSSR count). The second-order valence-corrected chi connectivity index (χ2v) is 14.6. The van der Waals surface area contributed by atoms with E-state index in [4.69, 9.17) is 16.3 Å². The Kier molecular flexibility index (Phi) is 8.13. The second-order valence-electron chi connectivity index (χ2n) is 12.7. The molecule has 1 heterocycles. The lowest BCUT2D eigenvalue weighted by Gasteiger charge is -2.46. The molecular weight excluding hydrogens is 550 g/mol. The van der Waals surface area contributed by atoms with E-state index in [1.165, 1.54) is 47.0 Å². The van der Waals surface area contributed by atoms with Crippen molar-refractivity contribution < 1.29 is 14.6 Å². The highest BCUT2D eigenvalue weighted by atomic mass is 35.5. The van der Waals surface area contributed by atoms with E-state index >= 15 is 0 Å². The van der Waals surface area contributed by atoms with Crippen LogP contribution in [0.1, 0.15) is 87.1 Å². The van der Waals surface area contributed by atoms with E-state index in [9.17, 15) is 9.90 Å².